The number of hydrogen-bond acceptors (Lipinski definition) is 1. The van der Waals surface area contributed by atoms with Crippen LogP contribution in [0.5, 0.6) is 0 Å². The van der Waals surface area contributed by atoms with Crippen molar-refractivity contribution in [2.75, 3.05) is 4.90 Å². The largest absolute Gasteiger partial charge is 0.309 e. The second kappa shape index (κ2) is 5.90. The molecule has 1 aliphatic heterocycles. The molecule has 108 valence electrons. The number of rotatable bonds is 3. The van der Waals surface area contributed by atoms with Gasteiger partial charge in [0.05, 0.1) is 0 Å². The summed E-state index contributed by atoms with van der Waals surface area (Å²) in [5.74, 6) is 0.173. The van der Waals surface area contributed by atoms with Gasteiger partial charge in [-0.15, -0.1) is 0 Å². The lowest BCUT2D eigenvalue weighted by Gasteiger charge is -2.22. The third kappa shape index (κ3) is 2.81. The van der Waals surface area contributed by atoms with Crippen molar-refractivity contribution in [1.29, 1.82) is 0 Å². The Hall–Kier alpha value is -1.80. The van der Waals surface area contributed by atoms with Crippen molar-refractivity contribution >= 4 is 23.2 Å². The van der Waals surface area contributed by atoms with E-state index in [1.54, 1.807) is 0 Å². The van der Waals surface area contributed by atoms with Gasteiger partial charge in [0.15, 0.2) is 0 Å². The molecule has 1 unspecified atom stereocenters. The zero-order valence-electron chi connectivity index (χ0n) is 12.1. The van der Waals surface area contributed by atoms with Crippen LogP contribution in [0.15, 0.2) is 48.5 Å². The van der Waals surface area contributed by atoms with E-state index in [-0.39, 0.29) is 11.9 Å². The van der Waals surface area contributed by atoms with E-state index in [2.05, 4.69) is 13.0 Å². The number of carbonyl (C=O) groups excluding carboxylic acids is 1. The third-order valence-electron chi connectivity index (χ3n) is 4.04. The molecule has 2 nitrogen and oxygen atoms in total. The highest BCUT2D eigenvalue weighted by atomic mass is 35.5. The normalized spacial score (nSPS) is 16.9. The Bertz CT molecular complexity index is 668. The maximum absolute atomic E-state index is 12.6. The number of aryl methyl sites for hydroxylation is 1. The average Bonchev–Trinajstić information content (AvgIpc) is 2.82. The number of para-hydroxylation sites is 1. The fraction of sp³-hybridized carbons (Fsp3) is 0.278. The lowest BCUT2D eigenvalue weighted by atomic mass is 10.1. The molecule has 2 aromatic carbocycles. The maximum atomic E-state index is 12.6. The molecule has 0 bridgehead atoms. The van der Waals surface area contributed by atoms with Crippen LogP contribution in [0.4, 0.5) is 5.69 Å². The third-order valence-corrected chi connectivity index (χ3v) is 4.41. The van der Waals surface area contributed by atoms with Crippen molar-refractivity contribution in [3.05, 3.63) is 64.7 Å². The Morgan fingerprint density at radius 1 is 1.19 bits per heavy atom. The first-order valence-electron chi connectivity index (χ1n) is 7.30. The van der Waals surface area contributed by atoms with Crippen molar-refractivity contribution in [1.82, 2.24) is 0 Å². The molecule has 21 heavy (non-hydrogen) atoms. The molecule has 0 N–H and O–H groups in total. The molecule has 0 spiro atoms. The van der Waals surface area contributed by atoms with Crippen LogP contribution < -0.4 is 4.90 Å². The average molecular weight is 300 g/mol. The van der Waals surface area contributed by atoms with Crippen LogP contribution in [0.2, 0.25) is 5.02 Å². The van der Waals surface area contributed by atoms with E-state index in [9.17, 15) is 4.79 Å². The zero-order valence-corrected chi connectivity index (χ0v) is 12.8. The Labute approximate surface area is 130 Å². The summed E-state index contributed by atoms with van der Waals surface area (Å²) >= 11 is 6.15. The Kier molecular flexibility index (Phi) is 3.98. The van der Waals surface area contributed by atoms with Gasteiger partial charge in [-0.3, -0.25) is 4.79 Å². The predicted octanol–water partition coefficient (Wildman–Crippen LogP) is 4.25. The van der Waals surface area contributed by atoms with Crippen molar-refractivity contribution in [2.45, 2.75) is 32.2 Å². The maximum Gasteiger partial charge on any atom is 0.227 e. The summed E-state index contributed by atoms with van der Waals surface area (Å²) in [6.07, 6.45) is 2.11. The lowest BCUT2D eigenvalue weighted by molar-refractivity contribution is -0.118. The molecule has 1 aliphatic rings. The molecule has 0 saturated carbocycles. The van der Waals surface area contributed by atoms with Gasteiger partial charge in [-0.1, -0.05) is 48.0 Å². The van der Waals surface area contributed by atoms with Crippen molar-refractivity contribution in [2.24, 2.45) is 0 Å². The molecule has 1 atom stereocenters. The number of fused-ring (bicyclic) bond motifs is 1. The van der Waals surface area contributed by atoms with Crippen molar-refractivity contribution in [3.63, 3.8) is 0 Å². The molecule has 2 aromatic rings. The van der Waals surface area contributed by atoms with E-state index in [4.69, 9.17) is 11.6 Å². The van der Waals surface area contributed by atoms with Crippen LogP contribution in [-0.4, -0.2) is 11.9 Å². The van der Waals surface area contributed by atoms with Gasteiger partial charge >= 0.3 is 0 Å². The van der Waals surface area contributed by atoms with Crippen LogP contribution >= 0.6 is 11.6 Å². The Morgan fingerprint density at radius 2 is 1.90 bits per heavy atom. The van der Waals surface area contributed by atoms with Crippen LogP contribution in [0.25, 0.3) is 0 Å². The molecule has 0 saturated heterocycles. The van der Waals surface area contributed by atoms with Gasteiger partial charge in [0.2, 0.25) is 5.91 Å². The fourth-order valence-electron chi connectivity index (χ4n) is 3.01. The van der Waals surface area contributed by atoms with Crippen LogP contribution in [-0.2, 0) is 17.6 Å². The molecule has 3 rings (SSSR count). The summed E-state index contributed by atoms with van der Waals surface area (Å²) in [7, 11) is 0. The van der Waals surface area contributed by atoms with E-state index >= 15 is 0 Å². The van der Waals surface area contributed by atoms with Gasteiger partial charge in [0, 0.05) is 23.2 Å². The number of benzene rings is 2. The standard InChI is InChI=1S/C18H18ClNO/c1-13-12-15-7-3-5-9-17(15)20(13)18(21)11-10-14-6-2-4-8-16(14)19/h2-9,13H,10-12H2,1H3. The first kappa shape index (κ1) is 14.2. The molecule has 1 heterocycles. The van der Waals surface area contributed by atoms with Gasteiger partial charge in [-0.05, 0) is 43.0 Å². The highest BCUT2D eigenvalue weighted by Gasteiger charge is 2.29. The Morgan fingerprint density at radius 3 is 2.71 bits per heavy atom. The smallest absolute Gasteiger partial charge is 0.227 e. The highest BCUT2D eigenvalue weighted by Crippen LogP contribution is 2.32. The molecule has 0 radical (unpaired) electrons. The number of carbonyl (C=O) groups is 1. The fourth-order valence-corrected chi connectivity index (χ4v) is 3.24. The summed E-state index contributed by atoms with van der Waals surface area (Å²) in [5, 5.41) is 0.736. The van der Waals surface area contributed by atoms with E-state index in [0.717, 1.165) is 22.7 Å². The number of anilines is 1. The molecule has 1 amide bonds. The van der Waals surface area contributed by atoms with Gasteiger partial charge < -0.3 is 4.90 Å². The minimum Gasteiger partial charge on any atom is -0.309 e. The number of nitrogens with zero attached hydrogens (tertiary/aromatic N) is 1. The molecular formula is C18H18ClNO. The molecule has 0 aromatic heterocycles. The second-order valence-electron chi connectivity index (χ2n) is 5.54. The van der Waals surface area contributed by atoms with E-state index < -0.39 is 0 Å². The number of amides is 1. The first-order chi connectivity index (χ1) is 10.2. The highest BCUT2D eigenvalue weighted by molar-refractivity contribution is 6.31. The molecular weight excluding hydrogens is 282 g/mol. The van der Waals surface area contributed by atoms with Crippen LogP contribution in [0.3, 0.4) is 0 Å². The number of hydrogen-bond donors (Lipinski definition) is 0. The van der Waals surface area contributed by atoms with Crippen LogP contribution in [0.1, 0.15) is 24.5 Å². The zero-order chi connectivity index (χ0) is 14.8. The quantitative estimate of drug-likeness (QED) is 0.829. The van der Waals surface area contributed by atoms with E-state index in [1.807, 2.05) is 47.4 Å². The monoisotopic (exact) mass is 299 g/mol. The van der Waals surface area contributed by atoms with E-state index in [1.165, 1.54) is 5.56 Å². The molecule has 0 aliphatic carbocycles. The van der Waals surface area contributed by atoms with Gasteiger partial charge in [-0.25, -0.2) is 0 Å². The first-order valence-corrected chi connectivity index (χ1v) is 7.68. The Balaban J connectivity index is 1.73. The molecule has 0 fully saturated rings. The minimum atomic E-state index is 0.173. The lowest BCUT2D eigenvalue weighted by Crippen LogP contribution is -2.35. The summed E-state index contributed by atoms with van der Waals surface area (Å²) in [6.45, 7) is 2.10. The summed E-state index contributed by atoms with van der Waals surface area (Å²) in [4.78, 5) is 14.5. The van der Waals surface area contributed by atoms with Gasteiger partial charge in [0.1, 0.15) is 0 Å². The van der Waals surface area contributed by atoms with Gasteiger partial charge in [-0.2, -0.15) is 0 Å². The molecule has 3 heteroatoms. The van der Waals surface area contributed by atoms with Crippen LogP contribution in [0, 0.1) is 0 Å². The van der Waals surface area contributed by atoms with Gasteiger partial charge in [0.25, 0.3) is 0 Å². The number of halogens is 1. The minimum absolute atomic E-state index is 0.173. The van der Waals surface area contributed by atoms with Crippen molar-refractivity contribution < 1.29 is 4.79 Å². The topological polar surface area (TPSA) is 20.3 Å². The van der Waals surface area contributed by atoms with Crippen molar-refractivity contribution in [3.8, 4) is 0 Å². The summed E-state index contributed by atoms with van der Waals surface area (Å²) < 4.78 is 0. The second-order valence-corrected chi connectivity index (χ2v) is 5.94. The summed E-state index contributed by atoms with van der Waals surface area (Å²) in [5.41, 5.74) is 3.36. The SMILES string of the molecule is CC1Cc2ccccc2N1C(=O)CCc1ccccc1Cl. The summed E-state index contributed by atoms with van der Waals surface area (Å²) in [6, 6.07) is 16.1. The predicted molar refractivity (Wildman–Crippen MR) is 86.9 cm³/mol. The van der Waals surface area contributed by atoms with E-state index in [0.29, 0.717) is 12.8 Å².